The highest BCUT2D eigenvalue weighted by Gasteiger charge is 2.25. The van der Waals surface area contributed by atoms with E-state index in [0.29, 0.717) is 37.4 Å². The minimum Gasteiger partial charge on any atom is -0.352 e. The Labute approximate surface area is 160 Å². The fourth-order valence-electron chi connectivity index (χ4n) is 3.15. The number of sulfonamides is 1. The summed E-state index contributed by atoms with van der Waals surface area (Å²) in [5.74, 6) is -0.0788. The molecule has 0 unspecified atom stereocenters. The Morgan fingerprint density at radius 1 is 1.07 bits per heavy atom. The molecule has 0 spiro atoms. The average Bonchev–Trinajstić information content (AvgIpc) is 2.72. The summed E-state index contributed by atoms with van der Waals surface area (Å²) >= 11 is 0. The van der Waals surface area contributed by atoms with E-state index >= 15 is 0 Å². The lowest BCUT2D eigenvalue weighted by Crippen LogP contribution is -2.35. The highest BCUT2D eigenvalue weighted by molar-refractivity contribution is 7.89. The Bertz CT molecular complexity index is 863. The Morgan fingerprint density at radius 3 is 2.63 bits per heavy atom. The Morgan fingerprint density at radius 2 is 1.89 bits per heavy atom. The summed E-state index contributed by atoms with van der Waals surface area (Å²) in [4.78, 5) is 16.6. The second kappa shape index (κ2) is 9.10. The van der Waals surface area contributed by atoms with E-state index in [4.69, 9.17) is 0 Å². The molecule has 0 bridgehead atoms. The SMILES string of the molecule is O=C(CCc1ccccn1)NCc1cccc(S(=O)(=O)N2CCCCC2)c1. The quantitative estimate of drug-likeness (QED) is 0.792. The van der Waals surface area contributed by atoms with E-state index in [9.17, 15) is 13.2 Å². The van der Waals surface area contributed by atoms with Gasteiger partial charge < -0.3 is 5.32 Å². The zero-order chi connectivity index (χ0) is 19.1. The van der Waals surface area contributed by atoms with E-state index < -0.39 is 10.0 Å². The number of hydrogen-bond donors (Lipinski definition) is 1. The van der Waals surface area contributed by atoms with Crippen molar-refractivity contribution < 1.29 is 13.2 Å². The van der Waals surface area contributed by atoms with Crippen molar-refractivity contribution in [2.24, 2.45) is 0 Å². The van der Waals surface area contributed by atoms with Crippen molar-refractivity contribution in [3.05, 3.63) is 59.9 Å². The number of hydrogen-bond acceptors (Lipinski definition) is 4. The molecule has 27 heavy (non-hydrogen) atoms. The molecular weight excluding hydrogens is 362 g/mol. The Hall–Kier alpha value is -2.25. The van der Waals surface area contributed by atoms with Crippen LogP contribution in [0, 0.1) is 0 Å². The van der Waals surface area contributed by atoms with Crippen molar-refractivity contribution in [2.45, 2.75) is 43.5 Å². The molecule has 144 valence electrons. The van der Waals surface area contributed by atoms with Gasteiger partial charge in [-0.2, -0.15) is 4.31 Å². The smallest absolute Gasteiger partial charge is 0.243 e. The van der Waals surface area contributed by atoms with E-state index in [1.54, 1.807) is 28.7 Å². The molecule has 6 nitrogen and oxygen atoms in total. The lowest BCUT2D eigenvalue weighted by Gasteiger charge is -2.26. The molecule has 0 atom stereocenters. The first-order chi connectivity index (χ1) is 13.1. The molecule has 1 saturated heterocycles. The van der Waals surface area contributed by atoms with Crippen molar-refractivity contribution in [1.29, 1.82) is 0 Å². The summed E-state index contributed by atoms with van der Waals surface area (Å²) in [6.45, 7) is 1.47. The summed E-state index contributed by atoms with van der Waals surface area (Å²) in [5, 5.41) is 2.85. The van der Waals surface area contributed by atoms with Crippen molar-refractivity contribution in [3.63, 3.8) is 0 Å². The van der Waals surface area contributed by atoms with Gasteiger partial charge in [0.05, 0.1) is 4.90 Å². The number of carbonyl (C=O) groups excluding carboxylic acids is 1. The number of nitrogens with zero attached hydrogens (tertiary/aromatic N) is 2. The number of pyridine rings is 1. The standard InChI is InChI=1S/C20H25N3O3S/c24-20(11-10-18-8-2-3-12-21-18)22-16-17-7-6-9-19(15-17)27(25,26)23-13-4-1-5-14-23/h2-3,6-9,12,15H,1,4-5,10-11,13-14,16H2,(H,22,24). The van der Waals surface area contributed by atoms with Crippen molar-refractivity contribution in [3.8, 4) is 0 Å². The van der Waals surface area contributed by atoms with Gasteiger partial charge in [0.15, 0.2) is 0 Å². The first-order valence-corrected chi connectivity index (χ1v) is 10.8. The molecule has 0 saturated carbocycles. The van der Waals surface area contributed by atoms with Gasteiger partial charge in [-0.15, -0.1) is 0 Å². The third-order valence-corrected chi connectivity index (χ3v) is 6.57. The Kier molecular flexibility index (Phi) is 6.58. The van der Waals surface area contributed by atoms with Gasteiger partial charge in [0, 0.05) is 37.9 Å². The highest BCUT2D eigenvalue weighted by atomic mass is 32.2. The summed E-state index contributed by atoms with van der Waals surface area (Å²) in [5.41, 5.74) is 1.65. The van der Waals surface area contributed by atoms with Gasteiger partial charge >= 0.3 is 0 Å². The van der Waals surface area contributed by atoms with Gasteiger partial charge in [-0.25, -0.2) is 8.42 Å². The van der Waals surface area contributed by atoms with Crippen LogP contribution in [-0.2, 0) is 27.8 Å². The van der Waals surface area contributed by atoms with E-state index in [1.807, 2.05) is 24.3 Å². The maximum Gasteiger partial charge on any atom is 0.243 e. The number of piperidine rings is 1. The topological polar surface area (TPSA) is 79.4 Å². The third-order valence-electron chi connectivity index (χ3n) is 4.68. The lowest BCUT2D eigenvalue weighted by molar-refractivity contribution is -0.121. The number of aromatic nitrogens is 1. The number of carbonyl (C=O) groups is 1. The minimum atomic E-state index is -3.46. The molecule has 0 aliphatic carbocycles. The van der Waals surface area contributed by atoms with Gasteiger partial charge in [-0.05, 0) is 49.1 Å². The van der Waals surface area contributed by atoms with E-state index in [-0.39, 0.29) is 5.91 Å². The van der Waals surface area contributed by atoms with Gasteiger partial charge in [-0.3, -0.25) is 9.78 Å². The van der Waals surface area contributed by atoms with E-state index in [2.05, 4.69) is 10.3 Å². The molecular formula is C20H25N3O3S. The van der Waals surface area contributed by atoms with Gasteiger partial charge in [0.25, 0.3) is 0 Å². The molecule has 2 heterocycles. The molecule has 1 aromatic carbocycles. The van der Waals surface area contributed by atoms with Crippen molar-refractivity contribution in [1.82, 2.24) is 14.6 Å². The number of nitrogens with one attached hydrogen (secondary N) is 1. The van der Waals surface area contributed by atoms with Crippen LogP contribution < -0.4 is 5.32 Å². The summed E-state index contributed by atoms with van der Waals surface area (Å²) in [6, 6.07) is 12.5. The lowest BCUT2D eigenvalue weighted by atomic mass is 10.2. The second-order valence-corrected chi connectivity index (χ2v) is 8.65. The predicted molar refractivity (Wildman–Crippen MR) is 103 cm³/mol. The summed E-state index contributed by atoms with van der Waals surface area (Å²) in [6.07, 6.45) is 5.54. The number of amides is 1. The van der Waals surface area contributed by atoms with Crippen LogP contribution in [0.5, 0.6) is 0 Å². The van der Waals surface area contributed by atoms with Crippen LogP contribution >= 0.6 is 0 Å². The molecule has 1 N–H and O–H groups in total. The van der Waals surface area contributed by atoms with Crippen LogP contribution in [0.3, 0.4) is 0 Å². The van der Waals surface area contributed by atoms with Gasteiger partial charge in [0.1, 0.15) is 0 Å². The normalized spacial score (nSPS) is 15.4. The van der Waals surface area contributed by atoms with Crippen LogP contribution in [0.4, 0.5) is 0 Å². The largest absolute Gasteiger partial charge is 0.352 e. The Balaban J connectivity index is 1.56. The zero-order valence-corrected chi connectivity index (χ0v) is 16.1. The fourth-order valence-corrected chi connectivity index (χ4v) is 4.73. The summed E-state index contributed by atoms with van der Waals surface area (Å²) < 4.78 is 27.1. The fraction of sp³-hybridized carbons (Fsp3) is 0.400. The third kappa shape index (κ3) is 5.37. The first-order valence-electron chi connectivity index (χ1n) is 9.31. The molecule has 1 amide bonds. The van der Waals surface area contributed by atoms with Gasteiger partial charge in [0.2, 0.25) is 15.9 Å². The predicted octanol–water partition coefficient (Wildman–Crippen LogP) is 2.51. The molecule has 1 aliphatic heterocycles. The van der Waals surface area contributed by atoms with Gasteiger partial charge in [-0.1, -0.05) is 24.6 Å². The molecule has 1 fully saturated rings. The maximum absolute atomic E-state index is 12.8. The maximum atomic E-state index is 12.8. The van der Waals surface area contributed by atoms with E-state index in [1.165, 1.54) is 0 Å². The number of rotatable bonds is 7. The molecule has 3 rings (SSSR count). The number of benzene rings is 1. The molecule has 1 aromatic heterocycles. The molecule has 2 aromatic rings. The van der Waals surface area contributed by atoms with Crippen LogP contribution in [0.2, 0.25) is 0 Å². The second-order valence-electron chi connectivity index (χ2n) is 6.71. The zero-order valence-electron chi connectivity index (χ0n) is 15.3. The van der Waals surface area contributed by atoms with Crippen LogP contribution in [-0.4, -0.2) is 36.7 Å². The summed E-state index contributed by atoms with van der Waals surface area (Å²) in [7, 11) is -3.46. The van der Waals surface area contributed by atoms with Crippen LogP contribution in [0.25, 0.3) is 0 Å². The van der Waals surface area contributed by atoms with Crippen molar-refractivity contribution >= 4 is 15.9 Å². The minimum absolute atomic E-state index is 0.0788. The molecule has 7 heteroatoms. The average molecular weight is 388 g/mol. The van der Waals surface area contributed by atoms with Crippen molar-refractivity contribution in [2.75, 3.05) is 13.1 Å². The molecule has 0 radical (unpaired) electrons. The number of aryl methyl sites for hydroxylation is 1. The molecule has 1 aliphatic rings. The highest BCUT2D eigenvalue weighted by Crippen LogP contribution is 2.21. The monoisotopic (exact) mass is 387 g/mol. The first kappa shape index (κ1) is 19.5. The van der Waals surface area contributed by atoms with E-state index in [0.717, 1.165) is 30.5 Å². The van der Waals surface area contributed by atoms with Crippen LogP contribution in [0.15, 0.2) is 53.6 Å². The van der Waals surface area contributed by atoms with Crippen LogP contribution in [0.1, 0.15) is 36.9 Å².